The highest BCUT2D eigenvalue weighted by Crippen LogP contribution is 2.25. The number of anilines is 1. The van der Waals surface area contributed by atoms with Crippen LogP contribution in [0.25, 0.3) is 0 Å². The van der Waals surface area contributed by atoms with Gasteiger partial charge in [-0.2, -0.15) is 0 Å². The summed E-state index contributed by atoms with van der Waals surface area (Å²) in [5.41, 5.74) is 0.751. The second kappa shape index (κ2) is 7.59. The third-order valence-electron chi connectivity index (χ3n) is 2.80. The summed E-state index contributed by atoms with van der Waals surface area (Å²) in [4.78, 5) is 13.0. The Balaban J connectivity index is 1.89. The average molecular weight is 303 g/mol. The highest BCUT2D eigenvalue weighted by atomic mass is 32.2. The van der Waals surface area contributed by atoms with Gasteiger partial charge in [-0.15, -0.1) is 11.8 Å². The fourth-order valence-electron chi connectivity index (χ4n) is 1.75. The first kappa shape index (κ1) is 15.3. The number of ether oxygens (including phenoxy) is 2. The Hall–Kier alpha value is -2.14. The molecule has 0 bridgehead atoms. The minimum absolute atomic E-state index is 0.0648. The maximum atomic E-state index is 11.9. The van der Waals surface area contributed by atoms with Gasteiger partial charge in [-0.1, -0.05) is 12.1 Å². The van der Waals surface area contributed by atoms with Crippen molar-refractivity contribution >= 4 is 23.4 Å². The lowest BCUT2D eigenvalue weighted by molar-refractivity contribution is -0.118. The highest BCUT2D eigenvalue weighted by Gasteiger charge is 2.07. The summed E-state index contributed by atoms with van der Waals surface area (Å²) in [6.45, 7) is -0.0648. The van der Waals surface area contributed by atoms with E-state index in [1.165, 1.54) is 0 Å². The second-order valence-corrected chi connectivity index (χ2v) is 5.10. The lowest BCUT2D eigenvalue weighted by atomic mass is 10.3. The summed E-state index contributed by atoms with van der Waals surface area (Å²) in [5, 5.41) is 2.79. The minimum atomic E-state index is -0.210. The SMILES string of the molecule is COc1ccccc1OCC(=O)Nc1ccc(SC)cc1. The van der Waals surface area contributed by atoms with Crippen LogP contribution in [0.4, 0.5) is 5.69 Å². The van der Waals surface area contributed by atoms with E-state index in [0.717, 1.165) is 10.6 Å². The molecule has 1 N–H and O–H groups in total. The molecule has 0 aliphatic rings. The standard InChI is InChI=1S/C16H17NO3S/c1-19-14-5-3-4-6-15(14)20-11-16(18)17-12-7-9-13(21-2)10-8-12/h3-10H,11H2,1-2H3,(H,17,18). The molecule has 1 amide bonds. The van der Waals surface area contributed by atoms with E-state index >= 15 is 0 Å². The molecule has 0 aromatic heterocycles. The fourth-order valence-corrected chi connectivity index (χ4v) is 2.16. The zero-order valence-electron chi connectivity index (χ0n) is 12.0. The zero-order chi connectivity index (χ0) is 15.1. The van der Waals surface area contributed by atoms with Crippen LogP contribution in [0.5, 0.6) is 11.5 Å². The highest BCUT2D eigenvalue weighted by molar-refractivity contribution is 7.98. The first-order valence-electron chi connectivity index (χ1n) is 6.42. The fraction of sp³-hybridized carbons (Fsp3) is 0.188. The molecule has 0 saturated carbocycles. The Labute approximate surface area is 128 Å². The molecule has 110 valence electrons. The number of carbonyl (C=O) groups excluding carboxylic acids is 1. The monoisotopic (exact) mass is 303 g/mol. The van der Waals surface area contributed by atoms with E-state index in [9.17, 15) is 4.79 Å². The number of hydrogen-bond acceptors (Lipinski definition) is 4. The normalized spacial score (nSPS) is 10.0. The van der Waals surface area contributed by atoms with E-state index in [4.69, 9.17) is 9.47 Å². The summed E-state index contributed by atoms with van der Waals surface area (Å²) >= 11 is 1.66. The smallest absolute Gasteiger partial charge is 0.262 e. The summed E-state index contributed by atoms with van der Waals surface area (Å²) in [7, 11) is 1.57. The van der Waals surface area contributed by atoms with Crippen LogP contribution in [0.2, 0.25) is 0 Å². The molecule has 2 aromatic carbocycles. The first-order valence-corrected chi connectivity index (χ1v) is 7.65. The van der Waals surface area contributed by atoms with Gasteiger partial charge in [0.2, 0.25) is 0 Å². The number of rotatable bonds is 6. The molecular formula is C16H17NO3S. The Morgan fingerprint density at radius 1 is 1.10 bits per heavy atom. The largest absolute Gasteiger partial charge is 0.493 e. The molecule has 0 radical (unpaired) electrons. The van der Waals surface area contributed by atoms with Crippen LogP contribution in [0.1, 0.15) is 0 Å². The van der Waals surface area contributed by atoms with Crippen molar-refractivity contribution < 1.29 is 14.3 Å². The minimum Gasteiger partial charge on any atom is -0.493 e. The maximum absolute atomic E-state index is 11.9. The summed E-state index contributed by atoms with van der Waals surface area (Å²) in [6.07, 6.45) is 2.01. The Morgan fingerprint density at radius 2 is 1.76 bits per heavy atom. The van der Waals surface area contributed by atoms with Crippen molar-refractivity contribution in [2.45, 2.75) is 4.90 Å². The molecule has 0 saturated heterocycles. The quantitative estimate of drug-likeness (QED) is 0.831. The molecule has 0 aliphatic carbocycles. The number of para-hydroxylation sites is 2. The molecule has 0 spiro atoms. The second-order valence-electron chi connectivity index (χ2n) is 4.22. The molecule has 21 heavy (non-hydrogen) atoms. The van der Waals surface area contributed by atoms with Gasteiger partial charge < -0.3 is 14.8 Å². The molecule has 0 fully saturated rings. The molecule has 0 heterocycles. The summed E-state index contributed by atoms with van der Waals surface area (Å²) < 4.78 is 10.6. The molecule has 5 heteroatoms. The Morgan fingerprint density at radius 3 is 2.38 bits per heavy atom. The van der Waals surface area contributed by atoms with Gasteiger partial charge in [0.25, 0.3) is 5.91 Å². The number of benzene rings is 2. The van der Waals surface area contributed by atoms with Gasteiger partial charge in [0.15, 0.2) is 18.1 Å². The van der Waals surface area contributed by atoms with Crippen molar-refractivity contribution in [1.82, 2.24) is 0 Å². The van der Waals surface area contributed by atoms with E-state index in [1.54, 1.807) is 31.0 Å². The number of carbonyl (C=O) groups is 1. The topological polar surface area (TPSA) is 47.6 Å². The summed E-state index contributed by atoms with van der Waals surface area (Å²) in [6, 6.07) is 14.9. The van der Waals surface area contributed by atoms with E-state index < -0.39 is 0 Å². The molecule has 0 atom stereocenters. The molecule has 2 rings (SSSR count). The van der Waals surface area contributed by atoms with Gasteiger partial charge in [-0.05, 0) is 42.7 Å². The van der Waals surface area contributed by atoms with Crippen LogP contribution < -0.4 is 14.8 Å². The molecule has 0 unspecified atom stereocenters. The lowest BCUT2D eigenvalue weighted by Crippen LogP contribution is -2.20. The third-order valence-corrected chi connectivity index (χ3v) is 3.55. The van der Waals surface area contributed by atoms with Gasteiger partial charge in [-0.25, -0.2) is 0 Å². The van der Waals surface area contributed by atoms with Crippen LogP contribution in [-0.4, -0.2) is 25.9 Å². The van der Waals surface area contributed by atoms with Crippen LogP contribution >= 0.6 is 11.8 Å². The number of amides is 1. The van der Waals surface area contributed by atoms with Crippen molar-refractivity contribution in [3.8, 4) is 11.5 Å². The molecule has 2 aromatic rings. The number of nitrogens with one attached hydrogen (secondary N) is 1. The average Bonchev–Trinajstić information content (AvgIpc) is 2.54. The van der Waals surface area contributed by atoms with Gasteiger partial charge in [0, 0.05) is 10.6 Å². The van der Waals surface area contributed by atoms with Crippen LogP contribution in [0, 0.1) is 0 Å². The van der Waals surface area contributed by atoms with Crippen molar-refractivity contribution in [2.75, 3.05) is 25.3 Å². The van der Waals surface area contributed by atoms with Crippen LogP contribution in [0.3, 0.4) is 0 Å². The van der Waals surface area contributed by atoms with Crippen molar-refractivity contribution in [3.63, 3.8) is 0 Å². The Bertz CT molecular complexity index is 599. The van der Waals surface area contributed by atoms with E-state index in [0.29, 0.717) is 11.5 Å². The van der Waals surface area contributed by atoms with Crippen LogP contribution in [0.15, 0.2) is 53.4 Å². The molecule has 0 aliphatic heterocycles. The summed E-state index contributed by atoms with van der Waals surface area (Å²) in [5.74, 6) is 0.945. The number of thioether (sulfide) groups is 1. The molecule has 4 nitrogen and oxygen atoms in total. The number of methoxy groups -OCH3 is 1. The van der Waals surface area contributed by atoms with Crippen LogP contribution in [-0.2, 0) is 4.79 Å². The van der Waals surface area contributed by atoms with E-state index in [2.05, 4.69) is 5.32 Å². The van der Waals surface area contributed by atoms with Crippen molar-refractivity contribution in [1.29, 1.82) is 0 Å². The van der Waals surface area contributed by atoms with E-state index in [1.807, 2.05) is 42.7 Å². The molecular weight excluding hydrogens is 286 g/mol. The maximum Gasteiger partial charge on any atom is 0.262 e. The third kappa shape index (κ3) is 4.43. The predicted octanol–water partition coefficient (Wildman–Crippen LogP) is 3.43. The Kier molecular flexibility index (Phi) is 5.51. The lowest BCUT2D eigenvalue weighted by Gasteiger charge is -2.10. The first-order chi connectivity index (χ1) is 10.2. The predicted molar refractivity (Wildman–Crippen MR) is 85.3 cm³/mol. The van der Waals surface area contributed by atoms with Crippen molar-refractivity contribution in [3.05, 3.63) is 48.5 Å². The van der Waals surface area contributed by atoms with Crippen molar-refractivity contribution in [2.24, 2.45) is 0 Å². The van der Waals surface area contributed by atoms with Gasteiger partial charge in [0.1, 0.15) is 0 Å². The van der Waals surface area contributed by atoms with Gasteiger partial charge in [0.05, 0.1) is 7.11 Å². The van der Waals surface area contributed by atoms with Gasteiger partial charge in [-0.3, -0.25) is 4.79 Å². The van der Waals surface area contributed by atoms with E-state index in [-0.39, 0.29) is 12.5 Å². The van der Waals surface area contributed by atoms with Gasteiger partial charge >= 0.3 is 0 Å². The zero-order valence-corrected chi connectivity index (χ0v) is 12.8. The number of hydrogen-bond donors (Lipinski definition) is 1.